The van der Waals surface area contributed by atoms with E-state index in [2.05, 4.69) is 4.74 Å². The van der Waals surface area contributed by atoms with Gasteiger partial charge in [0.2, 0.25) is 0 Å². The first-order chi connectivity index (χ1) is 8.41. The Morgan fingerprint density at radius 1 is 1.05 bits per heavy atom. The summed E-state index contributed by atoms with van der Waals surface area (Å²) in [5, 5.41) is 0. The van der Waals surface area contributed by atoms with Gasteiger partial charge in [0, 0.05) is 12.0 Å². The molecule has 1 saturated heterocycles. The first-order valence-electron chi connectivity index (χ1n) is 5.39. The van der Waals surface area contributed by atoms with Crippen LogP contribution in [0, 0.1) is 5.41 Å². The molecule has 0 bridgehead atoms. The van der Waals surface area contributed by atoms with Crippen molar-refractivity contribution in [1.82, 2.24) is 0 Å². The highest BCUT2D eigenvalue weighted by Crippen LogP contribution is 2.46. The third-order valence-corrected chi connectivity index (χ3v) is 2.85. The summed E-state index contributed by atoms with van der Waals surface area (Å²) in [6.07, 6.45) is -6.06. The second-order valence-electron chi connectivity index (χ2n) is 4.88. The Morgan fingerprint density at radius 2 is 1.58 bits per heavy atom. The molecule has 114 valence electrons. The van der Waals surface area contributed by atoms with Gasteiger partial charge in [0.15, 0.2) is 0 Å². The number of hydrogen-bond acceptors (Lipinski definition) is 2. The first kappa shape index (κ1) is 16.5. The topological polar surface area (TPSA) is 18.5 Å². The minimum atomic E-state index is -6.31. The first-order valence-corrected chi connectivity index (χ1v) is 5.39. The van der Waals surface area contributed by atoms with E-state index in [9.17, 15) is 30.7 Å². The lowest BCUT2D eigenvalue weighted by molar-refractivity contribution is -0.361. The molecule has 0 atom stereocenters. The molecule has 19 heavy (non-hydrogen) atoms. The summed E-state index contributed by atoms with van der Waals surface area (Å²) in [5.41, 5.74) is -0.290. The SMILES string of the molecule is CC1(CCOCC(F)(F)C(F)(F)C(F)(F)F)COC1. The second-order valence-corrected chi connectivity index (χ2v) is 4.88. The fourth-order valence-electron chi connectivity index (χ4n) is 1.41. The highest BCUT2D eigenvalue weighted by molar-refractivity contribution is 4.91. The number of halogens is 7. The molecule has 0 aromatic rings. The van der Waals surface area contributed by atoms with Gasteiger partial charge in [-0.1, -0.05) is 6.92 Å². The van der Waals surface area contributed by atoms with Crippen molar-refractivity contribution in [2.24, 2.45) is 5.41 Å². The highest BCUT2D eigenvalue weighted by atomic mass is 19.4. The van der Waals surface area contributed by atoms with Gasteiger partial charge in [-0.15, -0.1) is 0 Å². The van der Waals surface area contributed by atoms with Gasteiger partial charge in [-0.2, -0.15) is 30.7 Å². The molecule has 0 unspecified atom stereocenters. The molecule has 0 amide bonds. The van der Waals surface area contributed by atoms with Crippen LogP contribution in [0.25, 0.3) is 0 Å². The molecule has 0 aliphatic carbocycles. The molecule has 1 aliphatic rings. The van der Waals surface area contributed by atoms with Gasteiger partial charge in [0.1, 0.15) is 6.61 Å². The summed E-state index contributed by atoms with van der Waals surface area (Å²) in [6.45, 7) is 0.221. The van der Waals surface area contributed by atoms with Crippen LogP contribution in [0.4, 0.5) is 30.7 Å². The predicted octanol–water partition coefficient (Wildman–Crippen LogP) is 3.26. The molecule has 0 N–H and O–H groups in total. The lowest BCUT2D eigenvalue weighted by atomic mass is 9.85. The Balaban J connectivity index is 2.42. The van der Waals surface area contributed by atoms with E-state index in [1.807, 2.05) is 0 Å². The summed E-state index contributed by atoms with van der Waals surface area (Å²) < 4.78 is 95.0. The van der Waals surface area contributed by atoms with Crippen LogP contribution in [0.1, 0.15) is 13.3 Å². The zero-order valence-electron chi connectivity index (χ0n) is 10.00. The van der Waals surface area contributed by atoms with Crippen LogP contribution >= 0.6 is 0 Å². The lowest BCUT2D eigenvalue weighted by Crippen LogP contribution is -2.54. The molecule has 0 spiro atoms. The van der Waals surface area contributed by atoms with Crippen molar-refractivity contribution in [3.63, 3.8) is 0 Å². The largest absolute Gasteiger partial charge is 0.459 e. The molecule has 1 heterocycles. The van der Waals surface area contributed by atoms with Crippen LogP contribution in [-0.2, 0) is 9.47 Å². The lowest BCUT2D eigenvalue weighted by Gasteiger charge is -2.38. The molecule has 0 saturated carbocycles. The van der Waals surface area contributed by atoms with E-state index in [1.165, 1.54) is 0 Å². The van der Waals surface area contributed by atoms with E-state index in [-0.39, 0.29) is 18.4 Å². The molecule has 2 nitrogen and oxygen atoms in total. The molecular weight excluding hydrogens is 285 g/mol. The Kier molecular flexibility index (Phi) is 4.41. The zero-order chi connectivity index (χ0) is 14.9. The predicted molar refractivity (Wildman–Crippen MR) is 50.3 cm³/mol. The standard InChI is InChI=1S/C10H13F7O2/c1-7(4-19-5-7)2-3-18-6-8(11,12)9(13,14)10(15,16)17/h2-6H2,1H3. The highest BCUT2D eigenvalue weighted by Gasteiger charge is 2.72. The Bertz CT molecular complexity index is 309. The van der Waals surface area contributed by atoms with Crippen LogP contribution in [0.2, 0.25) is 0 Å². The molecule has 1 fully saturated rings. The van der Waals surface area contributed by atoms with Crippen molar-refractivity contribution in [1.29, 1.82) is 0 Å². The molecule has 0 radical (unpaired) electrons. The van der Waals surface area contributed by atoms with Crippen LogP contribution in [0.5, 0.6) is 0 Å². The number of alkyl halides is 7. The van der Waals surface area contributed by atoms with Crippen LogP contribution in [-0.4, -0.2) is 44.4 Å². The van der Waals surface area contributed by atoms with Crippen molar-refractivity contribution in [3.05, 3.63) is 0 Å². The Hall–Kier alpha value is -0.570. The van der Waals surface area contributed by atoms with Gasteiger partial charge in [0.25, 0.3) is 0 Å². The smallest absolute Gasteiger partial charge is 0.380 e. The van der Waals surface area contributed by atoms with Crippen molar-refractivity contribution >= 4 is 0 Å². The summed E-state index contributed by atoms with van der Waals surface area (Å²) in [7, 11) is 0. The van der Waals surface area contributed by atoms with E-state index in [0.29, 0.717) is 13.2 Å². The average molecular weight is 298 g/mol. The number of hydrogen-bond donors (Lipinski definition) is 0. The Labute approximate surface area is 104 Å². The summed E-state index contributed by atoms with van der Waals surface area (Å²) in [5.74, 6) is -11.4. The Morgan fingerprint density at radius 3 is 1.95 bits per heavy atom. The minimum absolute atomic E-state index is 0.251. The normalized spacial score (nSPS) is 20.2. The third-order valence-electron chi connectivity index (χ3n) is 2.85. The van der Waals surface area contributed by atoms with Crippen LogP contribution in [0.15, 0.2) is 0 Å². The van der Waals surface area contributed by atoms with Gasteiger partial charge in [-0.25, -0.2) is 0 Å². The van der Waals surface area contributed by atoms with Crippen molar-refractivity contribution < 1.29 is 40.2 Å². The molecule has 0 aromatic carbocycles. The quantitative estimate of drug-likeness (QED) is 0.553. The maximum atomic E-state index is 12.8. The molecular formula is C10H13F7O2. The number of ether oxygens (including phenoxy) is 2. The fourth-order valence-corrected chi connectivity index (χ4v) is 1.41. The maximum Gasteiger partial charge on any atom is 0.459 e. The van der Waals surface area contributed by atoms with E-state index < -0.39 is 24.6 Å². The fraction of sp³-hybridized carbons (Fsp3) is 1.00. The van der Waals surface area contributed by atoms with Crippen LogP contribution in [0.3, 0.4) is 0 Å². The second kappa shape index (κ2) is 5.08. The van der Waals surface area contributed by atoms with E-state index >= 15 is 0 Å². The van der Waals surface area contributed by atoms with E-state index in [0.717, 1.165) is 0 Å². The van der Waals surface area contributed by atoms with E-state index in [1.54, 1.807) is 6.92 Å². The molecule has 1 rings (SSSR count). The molecule has 1 aliphatic heterocycles. The van der Waals surface area contributed by atoms with Gasteiger partial charge in [-0.3, -0.25) is 0 Å². The van der Waals surface area contributed by atoms with Gasteiger partial charge in [0.05, 0.1) is 13.2 Å². The molecule has 9 heteroatoms. The maximum absolute atomic E-state index is 12.8. The van der Waals surface area contributed by atoms with Crippen molar-refractivity contribution in [2.75, 3.05) is 26.4 Å². The van der Waals surface area contributed by atoms with Crippen molar-refractivity contribution in [3.8, 4) is 0 Å². The minimum Gasteiger partial charge on any atom is -0.380 e. The van der Waals surface area contributed by atoms with Gasteiger partial charge in [-0.05, 0) is 6.42 Å². The van der Waals surface area contributed by atoms with Crippen molar-refractivity contribution in [2.45, 2.75) is 31.4 Å². The van der Waals surface area contributed by atoms with Crippen LogP contribution < -0.4 is 0 Å². The third kappa shape index (κ3) is 3.50. The molecule has 0 aromatic heterocycles. The summed E-state index contributed by atoms with van der Waals surface area (Å²) >= 11 is 0. The van der Waals surface area contributed by atoms with E-state index in [4.69, 9.17) is 4.74 Å². The van der Waals surface area contributed by atoms with Gasteiger partial charge < -0.3 is 9.47 Å². The van der Waals surface area contributed by atoms with Gasteiger partial charge >= 0.3 is 18.0 Å². The summed E-state index contributed by atoms with van der Waals surface area (Å²) in [6, 6.07) is 0. The monoisotopic (exact) mass is 298 g/mol. The number of rotatable bonds is 6. The summed E-state index contributed by atoms with van der Waals surface area (Å²) in [4.78, 5) is 0. The zero-order valence-corrected chi connectivity index (χ0v) is 10.00. The average Bonchev–Trinajstić information content (AvgIpc) is 2.20.